The summed E-state index contributed by atoms with van der Waals surface area (Å²) in [4.78, 5) is 77.0. The van der Waals surface area contributed by atoms with Crippen molar-refractivity contribution in [2.24, 2.45) is 5.73 Å². The van der Waals surface area contributed by atoms with Gasteiger partial charge in [0.25, 0.3) is 5.91 Å². The normalized spacial score (nSPS) is 18.0. The van der Waals surface area contributed by atoms with Crippen LogP contribution in [-0.2, 0) is 29.6 Å². The lowest BCUT2D eigenvalue weighted by atomic mass is 9.89. The molecule has 0 spiro atoms. The first-order valence-corrected chi connectivity index (χ1v) is 24.4. The number of carbonyl (C=O) groups is 3. The Bertz CT molecular complexity index is 3180. The first-order chi connectivity index (χ1) is 34.5. The van der Waals surface area contributed by atoms with Crippen LogP contribution in [0.25, 0.3) is 44.6 Å². The molecule has 2 aromatic heterocycles. The third-order valence-electron chi connectivity index (χ3n) is 12.1. The van der Waals surface area contributed by atoms with E-state index in [-0.39, 0.29) is 58.8 Å². The number of nitrogens with one attached hydrogen (secondary N) is 2. The van der Waals surface area contributed by atoms with Crippen molar-refractivity contribution in [3.8, 4) is 33.9 Å². The minimum Gasteiger partial charge on any atom is -0.508 e. The van der Waals surface area contributed by atoms with Crippen molar-refractivity contribution in [3.05, 3.63) is 118 Å². The third kappa shape index (κ3) is 11.4. The number of nitrogens with zero attached hydrogens (tertiary/aromatic N) is 5. The molecule has 2 aliphatic heterocycles. The summed E-state index contributed by atoms with van der Waals surface area (Å²) in [5, 5.41) is 38.0. The maximum Gasteiger partial charge on any atom is 0.472 e. The van der Waals surface area contributed by atoms with E-state index in [1.807, 2.05) is 0 Å². The number of carboxylic acid groups (broad SMARTS) is 1. The molecular weight excluding hydrogens is 956 g/mol. The molecule has 1 aliphatic carbocycles. The summed E-state index contributed by atoms with van der Waals surface area (Å²) in [6, 6.07) is 17.5. The number of aromatic nitrogens is 4. The number of fused-ring (bicyclic) bond motifs is 3. The Morgan fingerprint density at radius 3 is 2.47 bits per heavy atom. The highest BCUT2D eigenvalue weighted by atomic mass is 31.2. The quantitative estimate of drug-likeness (QED) is 0.0293. The van der Waals surface area contributed by atoms with Gasteiger partial charge in [-0.05, 0) is 85.0 Å². The predicted molar refractivity (Wildman–Crippen MR) is 262 cm³/mol. The monoisotopic (exact) mass is 1010 g/mol. The number of imidazole rings is 1. The molecule has 0 radical (unpaired) electrons. The Kier molecular flexibility index (Phi) is 15.6. The zero-order valence-electron chi connectivity index (χ0n) is 39.3. The summed E-state index contributed by atoms with van der Waals surface area (Å²) in [7, 11) is 0.423. The Morgan fingerprint density at radius 2 is 1.72 bits per heavy atom. The molecule has 72 heavy (non-hydrogen) atoms. The van der Waals surface area contributed by atoms with E-state index in [1.54, 1.807) is 49.3 Å². The summed E-state index contributed by atoms with van der Waals surface area (Å²) < 4.78 is 42.6. The Hall–Kier alpha value is -7.30. The molecule has 22 nitrogen and oxygen atoms in total. The zero-order valence-corrected chi connectivity index (χ0v) is 40.2. The van der Waals surface area contributed by atoms with Gasteiger partial charge in [0.1, 0.15) is 41.4 Å². The number of phenolic OH excluding ortho intramolecular Hbond substituents is 1. The van der Waals surface area contributed by atoms with E-state index in [0.717, 1.165) is 5.56 Å². The number of hydrogen-bond donors (Lipinski definition) is 7. The van der Waals surface area contributed by atoms with Gasteiger partial charge < -0.3 is 55.4 Å². The average molecular weight is 1010 g/mol. The molecule has 5 aromatic rings. The van der Waals surface area contributed by atoms with Crippen LogP contribution in [0.1, 0.15) is 58.2 Å². The van der Waals surface area contributed by atoms with Gasteiger partial charge in [-0.2, -0.15) is 0 Å². The number of methoxy groups -OCH3 is 1. The van der Waals surface area contributed by atoms with E-state index >= 15 is 0 Å². The predicted octanol–water partition coefficient (Wildman–Crippen LogP) is 4.62. The van der Waals surface area contributed by atoms with E-state index < -0.39 is 62.7 Å². The van der Waals surface area contributed by atoms with Gasteiger partial charge in [0.2, 0.25) is 5.91 Å². The number of phosphoric ester groups is 1. The molecule has 4 heterocycles. The van der Waals surface area contributed by atoms with Crippen molar-refractivity contribution >= 4 is 53.6 Å². The number of carbonyl (C=O) groups excluding carboxylic acids is 2. The van der Waals surface area contributed by atoms with Crippen LogP contribution in [0.5, 0.6) is 11.5 Å². The van der Waals surface area contributed by atoms with Crippen LogP contribution in [0.15, 0.2) is 101 Å². The fourth-order valence-corrected chi connectivity index (χ4v) is 9.29. The highest BCUT2D eigenvalue weighted by Crippen LogP contribution is 2.45. The van der Waals surface area contributed by atoms with Crippen LogP contribution >= 0.6 is 7.82 Å². The smallest absolute Gasteiger partial charge is 0.472 e. The fraction of sp³-hybridized carbons (Fsp3) is 0.327. The van der Waals surface area contributed by atoms with Crippen molar-refractivity contribution in [2.45, 2.75) is 62.6 Å². The summed E-state index contributed by atoms with van der Waals surface area (Å²) in [6.07, 6.45) is 1.18. The maximum atomic E-state index is 13.5. The molecule has 6 atom stereocenters. The van der Waals surface area contributed by atoms with Crippen LogP contribution in [-0.4, -0.2) is 123 Å². The van der Waals surface area contributed by atoms with Gasteiger partial charge in [-0.3, -0.25) is 28.0 Å². The number of ether oxygens (including phenoxy) is 2. The SMILES string of the molecule is COc1ccc(C[C@H](N)C(=O)N[C@H]2[C@@H](O)[C@H](n3cnc4c(N(C)C)ncnc43)O[C@@H]2COP(=O)(O)OCCCCCCNC(=O)c2ccc(C(=O)O)c(-c3c4ccc(=O)cc-4oc4cc(O)ccc34)c2)cc1. The summed E-state index contributed by atoms with van der Waals surface area (Å²) >= 11 is 0. The number of carboxylic acids is 1. The lowest BCUT2D eigenvalue weighted by Crippen LogP contribution is -2.53. The molecule has 1 saturated heterocycles. The van der Waals surface area contributed by atoms with Crippen LogP contribution in [0.4, 0.5) is 5.82 Å². The van der Waals surface area contributed by atoms with Gasteiger partial charge >= 0.3 is 13.8 Å². The number of phosphoric acid groups is 1. The second-order valence-corrected chi connectivity index (χ2v) is 18.8. The van der Waals surface area contributed by atoms with Gasteiger partial charge in [-0.1, -0.05) is 25.0 Å². The topological polar surface area (TPSA) is 313 Å². The van der Waals surface area contributed by atoms with Crippen LogP contribution in [0, 0.1) is 0 Å². The number of unbranched alkanes of at least 4 members (excludes halogenated alkanes) is 3. The van der Waals surface area contributed by atoms with Crippen molar-refractivity contribution in [1.82, 2.24) is 30.2 Å². The molecular formula is C49H53N8O14P. The second-order valence-electron chi connectivity index (χ2n) is 17.3. The highest BCUT2D eigenvalue weighted by molar-refractivity contribution is 7.47. The molecule has 8 rings (SSSR count). The summed E-state index contributed by atoms with van der Waals surface area (Å²) in [5.41, 5.74) is 8.83. The number of nitrogens with two attached hydrogens (primary N) is 1. The van der Waals surface area contributed by atoms with Crippen molar-refractivity contribution in [2.75, 3.05) is 45.9 Å². The van der Waals surface area contributed by atoms with Crippen molar-refractivity contribution in [1.29, 1.82) is 0 Å². The molecule has 1 unspecified atom stereocenters. The van der Waals surface area contributed by atoms with Gasteiger partial charge in [0.05, 0.1) is 44.3 Å². The third-order valence-corrected chi connectivity index (χ3v) is 13.1. The van der Waals surface area contributed by atoms with E-state index in [0.29, 0.717) is 64.9 Å². The van der Waals surface area contributed by atoms with Crippen molar-refractivity contribution < 1.29 is 62.1 Å². The molecule has 1 fully saturated rings. The van der Waals surface area contributed by atoms with Crippen molar-refractivity contribution in [3.63, 3.8) is 0 Å². The number of aliphatic hydroxyl groups excluding tert-OH is 1. The molecule has 8 N–H and O–H groups in total. The second kappa shape index (κ2) is 22.0. The van der Waals surface area contributed by atoms with E-state index in [1.165, 1.54) is 72.9 Å². The molecule has 0 saturated carbocycles. The van der Waals surface area contributed by atoms with E-state index in [2.05, 4.69) is 25.6 Å². The summed E-state index contributed by atoms with van der Waals surface area (Å²) in [6.45, 7) is -0.474. The first kappa shape index (κ1) is 51.1. The standard InChI is InChI=1S/C49H53N8O14P/c1-56(2)44-42-45(53-25-52-44)57(26-54-42)48-43(60)41(55-47(62)36(50)20-27-8-13-31(67-3)14-9-27)39(71-48)24-69-72(65,66)68-19-7-5-4-6-18-51-46(61)28-10-15-32(49(63)64)35(21-28)40-33-16-11-29(58)22-37(33)70-38-23-30(59)12-17-34(38)40/h8-17,21-23,25-26,36,39,41,43,48,58,60H,4-7,18-20,24,50H2,1-3H3,(H,51,61)(H,55,62)(H,63,64)(H,65,66)/t36-,39+,41+,43+,48+/m0/s1. The number of benzene rings is 4. The van der Waals surface area contributed by atoms with Gasteiger partial charge in [-0.15, -0.1) is 0 Å². The van der Waals surface area contributed by atoms with Gasteiger partial charge in [0, 0.05) is 54.8 Å². The number of phenols is 1. The number of aliphatic hydroxyl groups is 1. The first-order valence-electron chi connectivity index (χ1n) is 22.9. The minimum absolute atomic E-state index is 0.0939. The van der Waals surface area contributed by atoms with Gasteiger partial charge in [0.15, 0.2) is 28.6 Å². The molecule has 378 valence electrons. The zero-order chi connectivity index (χ0) is 51.3. The average Bonchev–Trinajstić information content (AvgIpc) is 3.92. The molecule has 3 aromatic carbocycles. The minimum atomic E-state index is -4.69. The maximum absolute atomic E-state index is 13.5. The van der Waals surface area contributed by atoms with E-state index in [9.17, 15) is 44.0 Å². The number of aromatic carboxylic acids is 1. The molecule has 23 heteroatoms. The van der Waals surface area contributed by atoms with Gasteiger partial charge in [-0.25, -0.2) is 24.3 Å². The number of amides is 2. The number of rotatable bonds is 21. The number of hydrogen-bond acceptors (Lipinski definition) is 17. The largest absolute Gasteiger partial charge is 0.508 e. The Labute approximate surface area is 411 Å². The highest BCUT2D eigenvalue weighted by Gasteiger charge is 2.47. The van der Waals surface area contributed by atoms with Crippen LogP contribution in [0.3, 0.4) is 0 Å². The lowest BCUT2D eigenvalue weighted by molar-refractivity contribution is -0.124. The number of aromatic hydroxyl groups is 1. The fourth-order valence-electron chi connectivity index (χ4n) is 8.52. The molecule has 3 aliphatic rings. The number of anilines is 1. The Morgan fingerprint density at radius 1 is 0.944 bits per heavy atom. The Balaban J connectivity index is 0.848. The summed E-state index contributed by atoms with van der Waals surface area (Å²) in [5.74, 6) is -1.10. The van der Waals surface area contributed by atoms with Crippen LogP contribution in [0.2, 0.25) is 0 Å². The lowest BCUT2D eigenvalue weighted by Gasteiger charge is -2.24. The molecule has 2 amide bonds. The van der Waals surface area contributed by atoms with Crippen LogP contribution < -0.4 is 31.4 Å². The van der Waals surface area contributed by atoms with E-state index in [4.69, 9.17) is 28.7 Å². The molecule has 0 bridgehead atoms.